The van der Waals surface area contributed by atoms with Crippen LogP contribution in [0.1, 0.15) is 25.7 Å². The predicted molar refractivity (Wildman–Crippen MR) is 113 cm³/mol. The van der Waals surface area contributed by atoms with Gasteiger partial charge in [0, 0.05) is 13.1 Å². The standard InChI is InChI=1S/C16H32N10O5/c17-7-11(27)24-8-12(28)25-9(3-1-5-22-15(18)19)13(29)26-10(14(30)31)4-2-6-23-16(20)21/h9-10H,1-8,17H2,(H,24,27)(H,25,28)(H,26,29)(H,30,31)(H4,18,19,22)(H4,20,21,23). The maximum absolute atomic E-state index is 12.6. The summed E-state index contributed by atoms with van der Waals surface area (Å²) in [7, 11) is 0. The van der Waals surface area contributed by atoms with Crippen LogP contribution in [0.5, 0.6) is 0 Å². The van der Waals surface area contributed by atoms with Gasteiger partial charge in [-0.3, -0.25) is 24.4 Å². The molecule has 0 aliphatic carbocycles. The average Bonchev–Trinajstić information content (AvgIpc) is 2.69. The first-order valence-corrected chi connectivity index (χ1v) is 9.46. The van der Waals surface area contributed by atoms with Crippen molar-refractivity contribution in [3.63, 3.8) is 0 Å². The fourth-order valence-electron chi connectivity index (χ4n) is 2.30. The number of guanidine groups is 2. The Bertz CT molecular complexity index is 674. The molecule has 0 saturated carbocycles. The molecule has 0 spiro atoms. The lowest BCUT2D eigenvalue weighted by Gasteiger charge is -2.21. The monoisotopic (exact) mass is 444 g/mol. The molecule has 0 aliphatic rings. The molecule has 31 heavy (non-hydrogen) atoms. The zero-order valence-corrected chi connectivity index (χ0v) is 17.2. The first kappa shape index (κ1) is 27.4. The molecule has 15 heteroatoms. The third-order valence-electron chi connectivity index (χ3n) is 3.79. The van der Waals surface area contributed by atoms with Gasteiger partial charge in [0.15, 0.2) is 11.9 Å². The van der Waals surface area contributed by atoms with Crippen LogP contribution in [-0.2, 0) is 19.2 Å². The molecule has 0 bridgehead atoms. The molecule has 2 unspecified atom stereocenters. The fraction of sp³-hybridized carbons (Fsp3) is 0.625. The number of carboxylic acids is 1. The molecule has 0 aromatic heterocycles. The fourth-order valence-corrected chi connectivity index (χ4v) is 2.30. The lowest BCUT2D eigenvalue weighted by atomic mass is 10.1. The second-order valence-corrected chi connectivity index (χ2v) is 6.40. The number of hydrogen-bond donors (Lipinski definition) is 9. The summed E-state index contributed by atoms with van der Waals surface area (Å²) < 4.78 is 0. The van der Waals surface area contributed by atoms with Crippen LogP contribution in [-0.4, -0.2) is 79.0 Å². The highest BCUT2D eigenvalue weighted by Gasteiger charge is 2.26. The summed E-state index contributed by atoms with van der Waals surface area (Å²) >= 11 is 0. The number of aliphatic carboxylic acids is 1. The van der Waals surface area contributed by atoms with Crippen molar-refractivity contribution in [3.05, 3.63) is 0 Å². The SMILES string of the molecule is NCC(=O)NCC(=O)NC(CCCN=C(N)N)C(=O)NC(CCCN=C(N)N)C(=O)O. The van der Waals surface area contributed by atoms with Crippen LogP contribution in [0, 0.1) is 0 Å². The maximum Gasteiger partial charge on any atom is 0.326 e. The minimum Gasteiger partial charge on any atom is -0.480 e. The molecule has 0 aliphatic heterocycles. The zero-order valence-electron chi connectivity index (χ0n) is 17.2. The summed E-state index contributed by atoms with van der Waals surface area (Å²) in [6.45, 7) is -0.293. The van der Waals surface area contributed by atoms with Gasteiger partial charge in [-0.1, -0.05) is 0 Å². The summed E-state index contributed by atoms with van der Waals surface area (Å²) in [5, 5.41) is 16.4. The van der Waals surface area contributed by atoms with E-state index in [1.807, 2.05) is 0 Å². The molecule has 0 radical (unpaired) electrons. The maximum atomic E-state index is 12.6. The number of nitrogens with zero attached hydrogens (tertiary/aromatic N) is 2. The summed E-state index contributed by atoms with van der Waals surface area (Å²) in [6.07, 6.45) is 0.827. The van der Waals surface area contributed by atoms with Crippen molar-refractivity contribution in [2.45, 2.75) is 37.8 Å². The third kappa shape index (κ3) is 14.1. The van der Waals surface area contributed by atoms with Crippen molar-refractivity contribution in [2.75, 3.05) is 26.2 Å². The van der Waals surface area contributed by atoms with Gasteiger partial charge in [-0.15, -0.1) is 0 Å². The van der Waals surface area contributed by atoms with E-state index in [4.69, 9.17) is 28.7 Å². The molecule has 15 nitrogen and oxygen atoms in total. The Balaban J connectivity index is 5.01. The topological polar surface area (TPSA) is 279 Å². The highest BCUT2D eigenvalue weighted by Crippen LogP contribution is 2.03. The Morgan fingerprint density at radius 3 is 1.77 bits per heavy atom. The Kier molecular flexibility index (Phi) is 13.5. The van der Waals surface area contributed by atoms with Crippen LogP contribution in [0.4, 0.5) is 0 Å². The Labute approximate surface area is 179 Å². The van der Waals surface area contributed by atoms with E-state index in [2.05, 4.69) is 25.9 Å². The predicted octanol–water partition coefficient (Wildman–Crippen LogP) is -4.78. The number of rotatable bonds is 15. The van der Waals surface area contributed by atoms with Crippen LogP contribution < -0.4 is 44.6 Å². The number of nitrogens with one attached hydrogen (secondary N) is 3. The molecular formula is C16H32N10O5. The van der Waals surface area contributed by atoms with Gasteiger partial charge < -0.3 is 49.7 Å². The van der Waals surface area contributed by atoms with Gasteiger partial charge in [-0.2, -0.15) is 0 Å². The summed E-state index contributed by atoms with van der Waals surface area (Å²) in [6, 6.07) is -2.29. The van der Waals surface area contributed by atoms with Crippen LogP contribution >= 0.6 is 0 Å². The quantitative estimate of drug-likeness (QED) is 0.0659. The number of amides is 3. The smallest absolute Gasteiger partial charge is 0.326 e. The molecule has 2 atom stereocenters. The molecule has 0 aromatic rings. The number of hydrogen-bond acceptors (Lipinski definition) is 7. The van der Waals surface area contributed by atoms with E-state index in [-0.39, 0.29) is 44.4 Å². The molecule has 176 valence electrons. The zero-order chi connectivity index (χ0) is 23.8. The van der Waals surface area contributed by atoms with Gasteiger partial charge in [0.25, 0.3) is 0 Å². The van der Waals surface area contributed by atoms with E-state index in [9.17, 15) is 24.3 Å². The number of carbonyl (C=O) groups excluding carboxylic acids is 3. The van der Waals surface area contributed by atoms with E-state index in [1.54, 1.807) is 0 Å². The van der Waals surface area contributed by atoms with E-state index in [0.717, 1.165) is 0 Å². The van der Waals surface area contributed by atoms with Gasteiger partial charge in [0.05, 0.1) is 13.1 Å². The second kappa shape index (κ2) is 15.3. The number of aliphatic imine (C=N–C) groups is 2. The van der Waals surface area contributed by atoms with Crippen molar-refractivity contribution in [1.82, 2.24) is 16.0 Å². The highest BCUT2D eigenvalue weighted by atomic mass is 16.4. The lowest BCUT2D eigenvalue weighted by molar-refractivity contribution is -0.142. The van der Waals surface area contributed by atoms with E-state index in [1.165, 1.54) is 0 Å². The molecule has 0 heterocycles. The van der Waals surface area contributed by atoms with Gasteiger partial charge in [-0.25, -0.2) is 4.79 Å². The number of carbonyl (C=O) groups is 4. The molecule has 0 saturated heterocycles. The normalized spacial score (nSPS) is 12.0. The number of carboxylic acid groups (broad SMARTS) is 1. The third-order valence-corrected chi connectivity index (χ3v) is 3.79. The minimum atomic E-state index is -1.25. The van der Waals surface area contributed by atoms with Crippen molar-refractivity contribution < 1.29 is 24.3 Å². The van der Waals surface area contributed by atoms with E-state index >= 15 is 0 Å². The highest BCUT2D eigenvalue weighted by molar-refractivity contribution is 5.92. The molecular weight excluding hydrogens is 412 g/mol. The van der Waals surface area contributed by atoms with Crippen LogP contribution in [0.2, 0.25) is 0 Å². The first-order chi connectivity index (χ1) is 14.6. The Hall–Kier alpha value is -3.62. The van der Waals surface area contributed by atoms with Crippen LogP contribution in [0.3, 0.4) is 0 Å². The van der Waals surface area contributed by atoms with Crippen LogP contribution in [0.25, 0.3) is 0 Å². The van der Waals surface area contributed by atoms with Crippen molar-refractivity contribution in [2.24, 2.45) is 38.7 Å². The molecule has 14 N–H and O–H groups in total. The second-order valence-electron chi connectivity index (χ2n) is 6.40. The Morgan fingerprint density at radius 2 is 1.32 bits per heavy atom. The van der Waals surface area contributed by atoms with Crippen molar-refractivity contribution in [1.29, 1.82) is 0 Å². The minimum absolute atomic E-state index is 0.0685. The van der Waals surface area contributed by atoms with E-state index in [0.29, 0.717) is 12.8 Å². The average molecular weight is 444 g/mol. The molecule has 0 fully saturated rings. The first-order valence-electron chi connectivity index (χ1n) is 9.46. The van der Waals surface area contributed by atoms with E-state index < -0.39 is 42.3 Å². The van der Waals surface area contributed by atoms with Gasteiger partial charge in [0.2, 0.25) is 17.7 Å². The summed E-state index contributed by atoms with van der Waals surface area (Å²) in [4.78, 5) is 54.8. The van der Waals surface area contributed by atoms with Gasteiger partial charge >= 0.3 is 5.97 Å². The summed E-state index contributed by atoms with van der Waals surface area (Å²) in [5.41, 5.74) is 26.1. The van der Waals surface area contributed by atoms with Gasteiger partial charge in [-0.05, 0) is 25.7 Å². The van der Waals surface area contributed by atoms with Crippen molar-refractivity contribution in [3.8, 4) is 0 Å². The van der Waals surface area contributed by atoms with Crippen LogP contribution in [0.15, 0.2) is 9.98 Å². The van der Waals surface area contributed by atoms with Crippen molar-refractivity contribution >= 4 is 35.6 Å². The molecule has 0 aromatic carbocycles. The lowest BCUT2D eigenvalue weighted by Crippen LogP contribution is -2.53. The molecule has 0 rings (SSSR count). The van der Waals surface area contributed by atoms with Gasteiger partial charge in [0.1, 0.15) is 12.1 Å². The largest absolute Gasteiger partial charge is 0.480 e. The summed E-state index contributed by atoms with van der Waals surface area (Å²) in [5.74, 6) is -3.40. The Morgan fingerprint density at radius 1 is 0.806 bits per heavy atom. The molecule has 3 amide bonds. The number of nitrogens with two attached hydrogens (primary N) is 5.